The van der Waals surface area contributed by atoms with Crippen molar-refractivity contribution in [2.24, 2.45) is 11.8 Å². The first-order chi connectivity index (χ1) is 24.3. The number of methoxy groups -OCH3 is 2. The zero-order chi connectivity index (χ0) is 38.7. The molecule has 3 rings (SSSR count). The van der Waals surface area contributed by atoms with Crippen LogP contribution in [0.1, 0.15) is 64.5 Å². The van der Waals surface area contributed by atoms with Crippen molar-refractivity contribution in [3.05, 3.63) is 59.7 Å². The number of hydrogen-bond donors (Lipinski definition) is 0. The number of benzene rings is 2. The molecule has 0 N–H and O–H groups in total. The summed E-state index contributed by atoms with van der Waals surface area (Å²) in [4.78, 5) is 28.0. The van der Waals surface area contributed by atoms with Crippen molar-refractivity contribution in [1.82, 2.24) is 0 Å². The third-order valence-electron chi connectivity index (χ3n) is 10.8. The Balaban J connectivity index is 1.98. The minimum Gasteiger partial charge on any atom is -0.544 e. The zero-order valence-electron chi connectivity index (χ0n) is 33.7. The second-order valence-electron chi connectivity index (χ2n) is 16.5. The predicted molar refractivity (Wildman–Crippen MR) is 208 cm³/mol. The van der Waals surface area contributed by atoms with Crippen LogP contribution in [0.25, 0.3) is 0 Å². The van der Waals surface area contributed by atoms with Crippen molar-refractivity contribution in [3.63, 3.8) is 0 Å². The van der Waals surface area contributed by atoms with E-state index in [1.165, 1.54) is 0 Å². The molecule has 1 saturated carbocycles. The van der Waals surface area contributed by atoms with E-state index in [4.69, 9.17) is 37.3 Å². The molecule has 0 aromatic heterocycles. The maximum atomic E-state index is 14.0. The van der Waals surface area contributed by atoms with Crippen molar-refractivity contribution in [2.45, 2.75) is 89.6 Å². The number of hydrogen-bond acceptors (Lipinski definition) is 10. The van der Waals surface area contributed by atoms with Gasteiger partial charge in [-0.3, -0.25) is 9.59 Å². The number of carbonyl (C=O) groups is 2. The Labute approximate surface area is 314 Å². The van der Waals surface area contributed by atoms with Gasteiger partial charge >= 0.3 is 11.9 Å². The zero-order valence-corrected chi connectivity index (χ0v) is 35.7. The summed E-state index contributed by atoms with van der Waals surface area (Å²) in [5.74, 6) is -1.51. The van der Waals surface area contributed by atoms with Crippen LogP contribution in [0.5, 0.6) is 11.5 Å². The molecule has 10 nitrogen and oxygen atoms in total. The molecule has 2 aromatic carbocycles. The third kappa shape index (κ3) is 11.6. The lowest BCUT2D eigenvalue weighted by atomic mass is 9.52. The second-order valence-corrected chi connectivity index (χ2v) is 26.0. The van der Waals surface area contributed by atoms with Crippen LogP contribution >= 0.6 is 0 Å². The molecule has 0 aliphatic heterocycles. The standard InChI is InChI=1S/C40H64O10Si2/c1-39(2,3)51(9,10)49-31-17-13-29(14-18-31)33-35(37(41)47-27-25-45-23-21-43-7)34(36(33)38(42)48-28-26-46-24-22-44-8)30-15-19-32(20-16-30)50-52(11,12)40(4,5)6/h13-20,33-36H,21-28H2,1-12H3. The summed E-state index contributed by atoms with van der Waals surface area (Å²) in [6.45, 7) is 24.4. The van der Waals surface area contributed by atoms with E-state index in [0.717, 1.165) is 22.6 Å². The highest BCUT2D eigenvalue weighted by atomic mass is 28.4. The summed E-state index contributed by atoms with van der Waals surface area (Å²) in [7, 11) is -0.955. The Bertz CT molecular complexity index is 1280. The van der Waals surface area contributed by atoms with Crippen LogP contribution in [0.4, 0.5) is 0 Å². The largest absolute Gasteiger partial charge is 0.544 e. The molecule has 12 heteroatoms. The molecule has 0 bridgehead atoms. The van der Waals surface area contributed by atoms with Crippen molar-refractivity contribution < 1.29 is 46.9 Å². The summed E-state index contributed by atoms with van der Waals surface area (Å²) in [6, 6.07) is 15.6. The fourth-order valence-corrected chi connectivity index (χ4v) is 7.72. The van der Waals surface area contributed by atoms with E-state index >= 15 is 0 Å². The molecule has 0 heterocycles. The van der Waals surface area contributed by atoms with Gasteiger partial charge in [-0.15, -0.1) is 0 Å². The highest BCUT2D eigenvalue weighted by molar-refractivity contribution is 6.75. The van der Waals surface area contributed by atoms with E-state index in [0.29, 0.717) is 26.4 Å². The summed E-state index contributed by atoms with van der Waals surface area (Å²) >= 11 is 0. The van der Waals surface area contributed by atoms with Gasteiger partial charge in [-0.05, 0) is 71.7 Å². The van der Waals surface area contributed by atoms with E-state index in [2.05, 4.69) is 67.7 Å². The molecular weight excluding hydrogens is 697 g/mol. The monoisotopic (exact) mass is 760 g/mol. The summed E-state index contributed by atoms with van der Waals surface area (Å²) in [5, 5.41) is 0.0603. The lowest BCUT2D eigenvalue weighted by molar-refractivity contribution is -0.169. The van der Waals surface area contributed by atoms with Gasteiger partial charge in [0.05, 0.1) is 51.5 Å². The van der Waals surface area contributed by atoms with Gasteiger partial charge in [0.15, 0.2) is 0 Å². The van der Waals surface area contributed by atoms with Gasteiger partial charge < -0.3 is 37.3 Å². The van der Waals surface area contributed by atoms with Crippen LogP contribution in [-0.2, 0) is 38.0 Å². The average molecular weight is 761 g/mol. The first-order valence-electron chi connectivity index (χ1n) is 18.4. The van der Waals surface area contributed by atoms with Gasteiger partial charge in [-0.2, -0.15) is 0 Å². The van der Waals surface area contributed by atoms with Crippen LogP contribution in [-0.4, -0.2) is 95.6 Å². The number of ether oxygens (including phenoxy) is 6. The minimum atomic E-state index is -2.08. The second kappa shape index (κ2) is 19.0. The molecule has 1 fully saturated rings. The molecule has 292 valence electrons. The van der Waals surface area contributed by atoms with E-state index in [1.807, 2.05) is 48.5 Å². The maximum Gasteiger partial charge on any atom is 0.310 e. The van der Waals surface area contributed by atoms with Gasteiger partial charge in [0.1, 0.15) is 24.7 Å². The molecule has 0 saturated heterocycles. The number of rotatable bonds is 20. The maximum absolute atomic E-state index is 14.0. The van der Waals surface area contributed by atoms with Gasteiger partial charge in [0.2, 0.25) is 16.6 Å². The molecule has 0 radical (unpaired) electrons. The Kier molecular flexibility index (Phi) is 16.0. The SMILES string of the molecule is COCCOCCOC(=O)C1C(c2ccc(O[Si](C)(C)C(C)(C)C)cc2)C(C(=O)OCCOCCOC)C1c1ccc(O[Si](C)(C)C(C)(C)C)cc1. The summed E-state index contributed by atoms with van der Waals surface area (Å²) in [6.07, 6.45) is 0. The van der Waals surface area contributed by atoms with Crippen LogP contribution in [0, 0.1) is 11.8 Å². The summed E-state index contributed by atoms with van der Waals surface area (Å²) in [5.41, 5.74) is 1.68. The van der Waals surface area contributed by atoms with Gasteiger partial charge in [-0.1, -0.05) is 65.8 Å². The third-order valence-corrected chi connectivity index (χ3v) is 19.5. The van der Waals surface area contributed by atoms with Crippen molar-refractivity contribution in [3.8, 4) is 11.5 Å². The Morgan fingerprint density at radius 2 is 0.827 bits per heavy atom. The minimum absolute atomic E-state index is 0.0302. The Morgan fingerprint density at radius 1 is 0.519 bits per heavy atom. The van der Waals surface area contributed by atoms with Gasteiger partial charge in [0, 0.05) is 26.1 Å². The Hall–Kier alpha value is -2.75. The fourth-order valence-electron chi connectivity index (χ4n) is 5.66. The van der Waals surface area contributed by atoms with E-state index in [-0.39, 0.29) is 48.4 Å². The fraction of sp³-hybridized carbons (Fsp3) is 0.650. The molecule has 0 amide bonds. The molecule has 1 aliphatic rings. The molecule has 0 spiro atoms. The summed E-state index contributed by atoms with van der Waals surface area (Å²) < 4.78 is 45.9. The van der Waals surface area contributed by atoms with Gasteiger partial charge in [-0.25, -0.2) is 0 Å². The highest BCUT2D eigenvalue weighted by Gasteiger charge is 2.59. The van der Waals surface area contributed by atoms with Crippen LogP contribution in [0.15, 0.2) is 48.5 Å². The van der Waals surface area contributed by atoms with E-state index in [1.54, 1.807) is 14.2 Å². The predicted octanol–water partition coefficient (Wildman–Crippen LogP) is 7.98. The molecule has 2 aromatic rings. The topological polar surface area (TPSA) is 108 Å². The van der Waals surface area contributed by atoms with Gasteiger partial charge in [0.25, 0.3) is 0 Å². The Morgan fingerprint density at radius 3 is 1.12 bits per heavy atom. The average Bonchev–Trinajstić information content (AvgIpc) is 3.04. The number of esters is 2. The van der Waals surface area contributed by atoms with Crippen molar-refractivity contribution in [1.29, 1.82) is 0 Å². The van der Waals surface area contributed by atoms with Crippen LogP contribution in [0.2, 0.25) is 36.3 Å². The number of carbonyl (C=O) groups excluding carboxylic acids is 2. The molecule has 0 atom stereocenters. The lowest BCUT2D eigenvalue weighted by Gasteiger charge is -2.49. The molecule has 52 heavy (non-hydrogen) atoms. The van der Waals surface area contributed by atoms with E-state index < -0.39 is 40.3 Å². The molecular formula is C40H64O10Si2. The van der Waals surface area contributed by atoms with E-state index in [9.17, 15) is 9.59 Å². The van der Waals surface area contributed by atoms with Crippen LogP contribution in [0.3, 0.4) is 0 Å². The molecule has 1 aliphatic carbocycles. The van der Waals surface area contributed by atoms with Crippen molar-refractivity contribution >= 4 is 28.6 Å². The lowest BCUT2D eigenvalue weighted by Crippen LogP contribution is -2.52. The first kappa shape index (κ1) is 43.7. The highest BCUT2D eigenvalue weighted by Crippen LogP contribution is 2.59. The van der Waals surface area contributed by atoms with Crippen molar-refractivity contribution in [2.75, 3.05) is 67.1 Å². The smallest absolute Gasteiger partial charge is 0.310 e. The van der Waals surface area contributed by atoms with Crippen LogP contribution < -0.4 is 8.85 Å². The quantitative estimate of drug-likeness (QED) is 0.0749. The molecule has 0 unspecified atom stereocenters. The normalized spacial score (nSPS) is 19.5. The first-order valence-corrected chi connectivity index (χ1v) is 24.2.